The van der Waals surface area contributed by atoms with E-state index in [1.54, 1.807) is 6.33 Å². The molecule has 1 saturated heterocycles. The largest absolute Gasteiger partial charge is 0.359 e. The number of likely N-dealkylation sites (N-methyl/N-ethyl adjacent to an activating group) is 1. The Bertz CT molecular complexity index is 903. The van der Waals surface area contributed by atoms with Gasteiger partial charge in [0.2, 0.25) is 5.91 Å². The lowest BCUT2D eigenvalue weighted by atomic mass is 10.1. The number of aryl methyl sites for hydroxylation is 1. The number of fused-ring (bicyclic) bond motifs is 1. The third-order valence-electron chi connectivity index (χ3n) is 4.48. The first kappa shape index (κ1) is 15.6. The average Bonchev–Trinajstić information content (AvgIpc) is 3.33. The van der Waals surface area contributed by atoms with Crippen LogP contribution in [0.25, 0.3) is 11.2 Å². The van der Waals surface area contributed by atoms with Crippen molar-refractivity contribution < 1.29 is 9.32 Å². The van der Waals surface area contributed by atoms with E-state index >= 15 is 0 Å². The second-order valence-electron chi connectivity index (χ2n) is 6.27. The van der Waals surface area contributed by atoms with E-state index < -0.39 is 0 Å². The van der Waals surface area contributed by atoms with Crippen LogP contribution in [0.1, 0.15) is 30.3 Å². The molecule has 130 valence electrons. The first-order valence-electron chi connectivity index (χ1n) is 8.21. The molecule has 4 rings (SSSR count). The Balaban J connectivity index is 1.52. The number of anilines is 1. The molecule has 25 heavy (non-hydrogen) atoms. The number of amides is 1. The fourth-order valence-corrected chi connectivity index (χ4v) is 3.31. The van der Waals surface area contributed by atoms with E-state index in [0.29, 0.717) is 11.5 Å². The smallest absolute Gasteiger partial charge is 0.242 e. The Morgan fingerprint density at radius 1 is 1.44 bits per heavy atom. The number of nitrogens with zero attached hydrogens (tertiary/aromatic N) is 6. The number of H-pyrrole nitrogens is 1. The van der Waals surface area contributed by atoms with Crippen molar-refractivity contribution in [2.24, 2.45) is 0 Å². The van der Waals surface area contributed by atoms with E-state index in [9.17, 15) is 4.79 Å². The van der Waals surface area contributed by atoms with Gasteiger partial charge in [-0.15, -0.1) is 0 Å². The van der Waals surface area contributed by atoms with Crippen molar-refractivity contribution >= 4 is 22.9 Å². The highest BCUT2D eigenvalue weighted by molar-refractivity contribution is 5.87. The standard InChI is InChI=1S/C16H19N7O2/c1-10-6-12(25-21-10)11-4-3-5-23(11)13(24)7-22(2)16-14-15(18-8-17-14)19-9-20-16/h6,8-9,11H,3-5,7H2,1-2H3,(H,17,18,19,20)/t11-/m0/s1. The Morgan fingerprint density at radius 2 is 2.32 bits per heavy atom. The average molecular weight is 341 g/mol. The van der Waals surface area contributed by atoms with Crippen molar-refractivity contribution in [3.63, 3.8) is 0 Å². The molecule has 1 atom stereocenters. The number of imidazole rings is 1. The molecule has 0 unspecified atom stereocenters. The van der Waals surface area contributed by atoms with Crippen LogP contribution in [0.5, 0.6) is 0 Å². The Labute approximate surface area is 144 Å². The molecule has 3 aromatic rings. The van der Waals surface area contributed by atoms with Gasteiger partial charge in [-0.1, -0.05) is 5.16 Å². The summed E-state index contributed by atoms with van der Waals surface area (Å²) in [6.45, 7) is 2.82. The van der Waals surface area contributed by atoms with Crippen LogP contribution in [0, 0.1) is 6.92 Å². The molecule has 0 aromatic carbocycles. The van der Waals surface area contributed by atoms with Crippen LogP contribution < -0.4 is 4.90 Å². The topological polar surface area (TPSA) is 104 Å². The summed E-state index contributed by atoms with van der Waals surface area (Å²) in [5.74, 6) is 1.44. The zero-order valence-corrected chi connectivity index (χ0v) is 14.1. The lowest BCUT2D eigenvalue weighted by molar-refractivity contribution is -0.130. The minimum atomic E-state index is -0.0420. The van der Waals surface area contributed by atoms with Gasteiger partial charge in [0.1, 0.15) is 11.8 Å². The minimum absolute atomic E-state index is 0.0327. The zero-order chi connectivity index (χ0) is 17.4. The molecule has 1 amide bonds. The van der Waals surface area contributed by atoms with Gasteiger partial charge < -0.3 is 19.3 Å². The van der Waals surface area contributed by atoms with Gasteiger partial charge in [0.15, 0.2) is 17.2 Å². The van der Waals surface area contributed by atoms with E-state index in [1.165, 1.54) is 6.33 Å². The Hall–Kier alpha value is -2.97. The van der Waals surface area contributed by atoms with Crippen molar-refractivity contribution in [3.05, 3.63) is 30.2 Å². The first-order chi connectivity index (χ1) is 12.1. The molecule has 1 aliphatic rings. The molecule has 1 aliphatic heterocycles. The van der Waals surface area contributed by atoms with Crippen LogP contribution in [-0.4, -0.2) is 56.0 Å². The van der Waals surface area contributed by atoms with Gasteiger partial charge >= 0.3 is 0 Å². The summed E-state index contributed by atoms with van der Waals surface area (Å²) in [7, 11) is 1.84. The van der Waals surface area contributed by atoms with Crippen LogP contribution in [0.15, 0.2) is 23.2 Å². The van der Waals surface area contributed by atoms with Crippen LogP contribution in [-0.2, 0) is 4.79 Å². The highest BCUT2D eigenvalue weighted by Gasteiger charge is 2.33. The number of carbonyl (C=O) groups excluding carboxylic acids is 1. The van der Waals surface area contributed by atoms with Crippen LogP contribution in [0.3, 0.4) is 0 Å². The van der Waals surface area contributed by atoms with Crippen molar-refractivity contribution in [1.82, 2.24) is 30.0 Å². The predicted octanol–water partition coefficient (Wildman–Crippen LogP) is 1.45. The van der Waals surface area contributed by atoms with E-state index in [2.05, 4.69) is 25.1 Å². The van der Waals surface area contributed by atoms with Gasteiger partial charge in [0.25, 0.3) is 0 Å². The molecule has 9 nitrogen and oxygen atoms in total. The summed E-state index contributed by atoms with van der Waals surface area (Å²) in [5.41, 5.74) is 2.14. The predicted molar refractivity (Wildman–Crippen MR) is 89.9 cm³/mol. The molecule has 1 fully saturated rings. The number of likely N-dealkylation sites (tertiary alicyclic amines) is 1. The van der Waals surface area contributed by atoms with Crippen molar-refractivity contribution in [1.29, 1.82) is 0 Å². The molecular weight excluding hydrogens is 322 g/mol. The minimum Gasteiger partial charge on any atom is -0.359 e. The maximum absolute atomic E-state index is 12.8. The first-order valence-corrected chi connectivity index (χ1v) is 8.21. The van der Waals surface area contributed by atoms with Crippen LogP contribution in [0.4, 0.5) is 5.82 Å². The summed E-state index contributed by atoms with van der Waals surface area (Å²) < 4.78 is 5.37. The molecule has 0 spiro atoms. The monoisotopic (exact) mass is 341 g/mol. The molecule has 9 heteroatoms. The van der Waals surface area contributed by atoms with Gasteiger partial charge in [-0.25, -0.2) is 15.0 Å². The highest BCUT2D eigenvalue weighted by atomic mass is 16.5. The van der Waals surface area contributed by atoms with Gasteiger partial charge in [0.05, 0.1) is 24.6 Å². The summed E-state index contributed by atoms with van der Waals surface area (Å²) >= 11 is 0. The molecule has 0 saturated carbocycles. The molecular formula is C16H19N7O2. The SMILES string of the molecule is Cc1cc([C@@H]2CCCN2C(=O)CN(C)c2ncnc3nc[nH]c23)on1. The zero-order valence-electron chi connectivity index (χ0n) is 14.1. The van der Waals surface area contributed by atoms with E-state index in [-0.39, 0.29) is 18.5 Å². The van der Waals surface area contributed by atoms with E-state index in [4.69, 9.17) is 4.52 Å². The van der Waals surface area contributed by atoms with Crippen molar-refractivity contribution in [3.8, 4) is 0 Å². The number of aromatic nitrogens is 5. The lowest BCUT2D eigenvalue weighted by Crippen LogP contribution is -2.39. The fraction of sp³-hybridized carbons (Fsp3) is 0.438. The van der Waals surface area contributed by atoms with E-state index in [0.717, 1.165) is 36.4 Å². The van der Waals surface area contributed by atoms with Gasteiger partial charge in [-0.3, -0.25) is 4.79 Å². The second-order valence-corrected chi connectivity index (χ2v) is 6.27. The third-order valence-corrected chi connectivity index (χ3v) is 4.48. The van der Waals surface area contributed by atoms with Gasteiger partial charge in [0, 0.05) is 19.7 Å². The molecule has 4 heterocycles. The number of aromatic amines is 1. The van der Waals surface area contributed by atoms with Crippen molar-refractivity contribution in [2.45, 2.75) is 25.8 Å². The molecule has 0 bridgehead atoms. The van der Waals surface area contributed by atoms with Gasteiger partial charge in [-0.2, -0.15) is 0 Å². The lowest BCUT2D eigenvalue weighted by Gasteiger charge is -2.26. The summed E-state index contributed by atoms with van der Waals surface area (Å²) in [6.07, 6.45) is 4.87. The third kappa shape index (κ3) is 2.81. The molecule has 0 radical (unpaired) electrons. The number of nitrogens with one attached hydrogen (secondary N) is 1. The molecule has 0 aliphatic carbocycles. The van der Waals surface area contributed by atoms with Crippen LogP contribution >= 0.6 is 0 Å². The van der Waals surface area contributed by atoms with Gasteiger partial charge in [-0.05, 0) is 19.8 Å². The molecule has 1 N–H and O–H groups in total. The normalized spacial score (nSPS) is 17.4. The summed E-state index contributed by atoms with van der Waals surface area (Å²) in [4.78, 5) is 32.1. The van der Waals surface area contributed by atoms with Crippen LogP contribution in [0.2, 0.25) is 0 Å². The number of hydrogen-bond donors (Lipinski definition) is 1. The number of hydrogen-bond acceptors (Lipinski definition) is 7. The Morgan fingerprint density at radius 3 is 3.12 bits per heavy atom. The fourth-order valence-electron chi connectivity index (χ4n) is 3.31. The second kappa shape index (κ2) is 6.15. The highest BCUT2D eigenvalue weighted by Crippen LogP contribution is 2.32. The number of carbonyl (C=O) groups is 1. The van der Waals surface area contributed by atoms with Crippen molar-refractivity contribution in [2.75, 3.05) is 25.0 Å². The quantitative estimate of drug-likeness (QED) is 0.766. The molecule has 3 aromatic heterocycles. The maximum atomic E-state index is 12.8. The Kier molecular flexibility index (Phi) is 3.83. The van der Waals surface area contributed by atoms with E-state index in [1.807, 2.05) is 29.8 Å². The maximum Gasteiger partial charge on any atom is 0.242 e. The number of rotatable bonds is 4. The summed E-state index contributed by atoms with van der Waals surface area (Å²) in [5, 5.41) is 3.94. The summed E-state index contributed by atoms with van der Waals surface area (Å²) in [6, 6.07) is 1.86.